The minimum atomic E-state index is 0.609. The Morgan fingerprint density at radius 3 is 2.05 bits per heavy atom. The summed E-state index contributed by atoms with van der Waals surface area (Å²) in [5.41, 5.74) is 0. The Balaban J connectivity index is 2.10. The van der Waals surface area contributed by atoms with Crippen molar-refractivity contribution < 1.29 is 9.47 Å². The molecule has 0 aliphatic rings. The van der Waals surface area contributed by atoms with Gasteiger partial charge in [-0.3, -0.25) is 0 Å². The molecular weight excluding hydrogens is 262 g/mol. The smallest absolute Gasteiger partial charge is 0.119 e. The predicted molar refractivity (Wildman–Crippen MR) is 88.9 cm³/mol. The van der Waals surface area contributed by atoms with E-state index in [9.17, 15) is 0 Å². The lowest BCUT2D eigenvalue weighted by atomic mass is 10.1. The Bertz CT molecular complexity index is 341. The summed E-state index contributed by atoms with van der Waals surface area (Å²) in [6, 6.07) is 9.87. The molecule has 0 unspecified atom stereocenters. The van der Waals surface area contributed by atoms with Crippen LogP contribution in [0.5, 0.6) is 5.75 Å². The van der Waals surface area contributed by atoms with Crippen molar-refractivity contribution in [1.29, 1.82) is 0 Å². The van der Waals surface area contributed by atoms with E-state index in [1.54, 1.807) is 0 Å². The van der Waals surface area contributed by atoms with Crippen molar-refractivity contribution in [2.45, 2.75) is 27.7 Å². The highest BCUT2D eigenvalue weighted by molar-refractivity contribution is 5.20. The zero-order chi connectivity index (χ0) is 15.5. The number of para-hydroxylation sites is 1. The van der Waals surface area contributed by atoms with Gasteiger partial charge in [0.1, 0.15) is 12.4 Å². The van der Waals surface area contributed by atoms with E-state index in [4.69, 9.17) is 9.47 Å². The molecule has 1 rings (SSSR count). The molecule has 3 heteroatoms. The lowest BCUT2D eigenvalue weighted by Gasteiger charge is -2.25. The van der Waals surface area contributed by atoms with Crippen LogP contribution in [0.1, 0.15) is 27.7 Å². The van der Waals surface area contributed by atoms with Crippen LogP contribution >= 0.6 is 0 Å². The first-order valence-electron chi connectivity index (χ1n) is 8.06. The van der Waals surface area contributed by atoms with Crippen LogP contribution in [0.3, 0.4) is 0 Å². The van der Waals surface area contributed by atoms with Gasteiger partial charge in [0.2, 0.25) is 0 Å². The zero-order valence-corrected chi connectivity index (χ0v) is 14.0. The van der Waals surface area contributed by atoms with E-state index in [0.29, 0.717) is 25.0 Å². The van der Waals surface area contributed by atoms with E-state index in [2.05, 4.69) is 32.6 Å². The van der Waals surface area contributed by atoms with Gasteiger partial charge in [0.15, 0.2) is 0 Å². The maximum atomic E-state index is 5.68. The predicted octanol–water partition coefficient (Wildman–Crippen LogP) is 3.70. The number of rotatable bonds is 11. The second-order valence-corrected chi connectivity index (χ2v) is 6.32. The fraction of sp³-hybridized carbons (Fsp3) is 0.667. The quantitative estimate of drug-likeness (QED) is 0.581. The molecule has 0 radical (unpaired) electrons. The minimum absolute atomic E-state index is 0.609. The fourth-order valence-electron chi connectivity index (χ4n) is 2.32. The molecule has 0 aliphatic heterocycles. The van der Waals surface area contributed by atoms with Crippen LogP contribution in [-0.4, -0.2) is 44.4 Å². The average molecular weight is 293 g/mol. The molecule has 3 nitrogen and oxygen atoms in total. The minimum Gasteiger partial charge on any atom is -0.491 e. The third-order valence-corrected chi connectivity index (χ3v) is 3.04. The van der Waals surface area contributed by atoms with Crippen LogP contribution in [0.25, 0.3) is 0 Å². The normalized spacial score (nSPS) is 11.6. The summed E-state index contributed by atoms with van der Waals surface area (Å²) >= 11 is 0. The molecule has 0 amide bonds. The molecule has 0 aliphatic carbocycles. The van der Waals surface area contributed by atoms with Crippen LogP contribution in [0.4, 0.5) is 0 Å². The standard InChI is InChI=1S/C18H31NO2/c1-16(2)14-19(15-17(3)4)10-11-20-12-13-21-18-8-6-5-7-9-18/h5-9,16-17H,10-15H2,1-4H3. The molecule has 0 aromatic heterocycles. The van der Waals surface area contributed by atoms with Gasteiger partial charge >= 0.3 is 0 Å². The SMILES string of the molecule is CC(C)CN(CCOCCOc1ccccc1)CC(C)C. The van der Waals surface area contributed by atoms with Crippen molar-refractivity contribution in [2.75, 3.05) is 39.5 Å². The lowest BCUT2D eigenvalue weighted by molar-refractivity contribution is 0.0738. The Labute approximate surface area is 130 Å². The summed E-state index contributed by atoms with van der Waals surface area (Å²) in [6.45, 7) is 14.4. The second kappa shape index (κ2) is 10.6. The molecule has 21 heavy (non-hydrogen) atoms. The highest BCUT2D eigenvalue weighted by atomic mass is 16.5. The van der Waals surface area contributed by atoms with E-state index in [0.717, 1.165) is 32.0 Å². The van der Waals surface area contributed by atoms with Gasteiger partial charge in [0.25, 0.3) is 0 Å². The van der Waals surface area contributed by atoms with E-state index in [-0.39, 0.29) is 0 Å². The molecule has 0 bridgehead atoms. The largest absolute Gasteiger partial charge is 0.491 e. The average Bonchev–Trinajstić information content (AvgIpc) is 2.42. The molecule has 0 N–H and O–H groups in total. The maximum Gasteiger partial charge on any atom is 0.119 e. The molecule has 0 saturated carbocycles. The van der Waals surface area contributed by atoms with Crippen molar-refractivity contribution in [1.82, 2.24) is 4.90 Å². The molecular formula is C18H31NO2. The van der Waals surface area contributed by atoms with Gasteiger partial charge in [-0.05, 0) is 24.0 Å². The van der Waals surface area contributed by atoms with E-state index in [1.807, 2.05) is 30.3 Å². The van der Waals surface area contributed by atoms with Gasteiger partial charge in [0.05, 0.1) is 13.2 Å². The molecule has 0 saturated heterocycles. The van der Waals surface area contributed by atoms with Gasteiger partial charge in [-0.1, -0.05) is 45.9 Å². The number of hydrogen-bond acceptors (Lipinski definition) is 3. The van der Waals surface area contributed by atoms with Gasteiger partial charge in [-0.2, -0.15) is 0 Å². The molecule has 0 spiro atoms. The molecule has 1 aromatic rings. The number of ether oxygens (including phenoxy) is 2. The summed E-state index contributed by atoms with van der Waals surface area (Å²) in [5, 5.41) is 0. The Kier molecular flexibility index (Phi) is 9.11. The molecule has 0 fully saturated rings. The summed E-state index contributed by atoms with van der Waals surface area (Å²) in [7, 11) is 0. The number of hydrogen-bond donors (Lipinski definition) is 0. The zero-order valence-electron chi connectivity index (χ0n) is 14.0. The van der Waals surface area contributed by atoms with Crippen LogP contribution in [0.15, 0.2) is 30.3 Å². The van der Waals surface area contributed by atoms with Gasteiger partial charge in [0, 0.05) is 19.6 Å². The van der Waals surface area contributed by atoms with Crippen molar-refractivity contribution in [2.24, 2.45) is 11.8 Å². The first-order chi connectivity index (χ1) is 10.1. The van der Waals surface area contributed by atoms with Crippen LogP contribution in [-0.2, 0) is 4.74 Å². The van der Waals surface area contributed by atoms with Gasteiger partial charge in [-0.15, -0.1) is 0 Å². The Morgan fingerprint density at radius 1 is 0.857 bits per heavy atom. The summed E-state index contributed by atoms with van der Waals surface area (Å²) < 4.78 is 11.3. The van der Waals surface area contributed by atoms with Crippen LogP contribution < -0.4 is 4.74 Å². The van der Waals surface area contributed by atoms with E-state index >= 15 is 0 Å². The number of benzene rings is 1. The third-order valence-electron chi connectivity index (χ3n) is 3.04. The Morgan fingerprint density at radius 2 is 1.48 bits per heavy atom. The van der Waals surface area contributed by atoms with E-state index < -0.39 is 0 Å². The molecule has 0 heterocycles. The monoisotopic (exact) mass is 293 g/mol. The van der Waals surface area contributed by atoms with Crippen molar-refractivity contribution in [3.8, 4) is 5.75 Å². The third kappa shape index (κ3) is 9.48. The maximum absolute atomic E-state index is 5.68. The second-order valence-electron chi connectivity index (χ2n) is 6.32. The van der Waals surface area contributed by atoms with Gasteiger partial charge in [-0.25, -0.2) is 0 Å². The number of nitrogens with zero attached hydrogens (tertiary/aromatic N) is 1. The topological polar surface area (TPSA) is 21.7 Å². The lowest BCUT2D eigenvalue weighted by Crippen LogP contribution is -2.34. The summed E-state index contributed by atoms with van der Waals surface area (Å²) in [4.78, 5) is 2.49. The first kappa shape index (κ1) is 18.0. The molecule has 0 atom stereocenters. The highest BCUT2D eigenvalue weighted by Gasteiger charge is 2.09. The Hall–Kier alpha value is -1.06. The highest BCUT2D eigenvalue weighted by Crippen LogP contribution is 2.07. The molecule has 120 valence electrons. The summed E-state index contributed by atoms with van der Waals surface area (Å²) in [6.07, 6.45) is 0. The van der Waals surface area contributed by atoms with E-state index in [1.165, 1.54) is 0 Å². The van der Waals surface area contributed by atoms with Gasteiger partial charge < -0.3 is 14.4 Å². The molecule has 1 aromatic carbocycles. The van der Waals surface area contributed by atoms with Crippen molar-refractivity contribution in [3.63, 3.8) is 0 Å². The summed E-state index contributed by atoms with van der Waals surface area (Å²) in [5.74, 6) is 2.30. The van der Waals surface area contributed by atoms with Crippen molar-refractivity contribution >= 4 is 0 Å². The fourth-order valence-corrected chi connectivity index (χ4v) is 2.32. The van der Waals surface area contributed by atoms with Crippen LogP contribution in [0, 0.1) is 11.8 Å². The van der Waals surface area contributed by atoms with Crippen LogP contribution in [0.2, 0.25) is 0 Å². The first-order valence-corrected chi connectivity index (χ1v) is 8.06. The van der Waals surface area contributed by atoms with Crippen molar-refractivity contribution in [3.05, 3.63) is 30.3 Å².